The molecule has 0 bridgehead atoms. The number of carbonyl (C=O) groups excluding carboxylic acids is 1. The summed E-state index contributed by atoms with van der Waals surface area (Å²) >= 11 is 0. The van der Waals surface area contributed by atoms with Crippen LogP contribution in [-0.2, 0) is 9.53 Å². The predicted octanol–water partition coefficient (Wildman–Crippen LogP) is 2.68. The largest absolute Gasteiger partial charge is 0.494 e. The summed E-state index contributed by atoms with van der Waals surface area (Å²) in [5.41, 5.74) is 1.61. The van der Waals surface area contributed by atoms with Gasteiger partial charge >= 0.3 is 0 Å². The molecule has 1 aromatic heterocycles. The molecular formula is C20H21N3O4. The quantitative estimate of drug-likeness (QED) is 0.724. The highest BCUT2D eigenvalue weighted by molar-refractivity contribution is 5.93. The first-order chi connectivity index (χ1) is 13.0. The van der Waals surface area contributed by atoms with Crippen LogP contribution in [0.25, 0.3) is 16.6 Å². The van der Waals surface area contributed by atoms with Crippen molar-refractivity contribution in [2.24, 2.45) is 0 Å². The lowest BCUT2D eigenvalue weighted by Gasteiger charge is -2.15. The maximum absolute atomic E-state index is 12.9. The lowest BCUT2D eigenvalue weighted by Crippen LogP contribution is -2.22. The van der Waals surface area contributed by atoms with Crippen molar-refractivity contribution in [2.45, 2.75) is 13.8 Å². The number of amides is 1. The Labute approximate surface area is 156 Å². The van der Waals surface area contributed by atoms with Crippen LogP contribution < -0.4 is 15.6 Å². The third kappa shape index (κ3) is 3.83. The molecular weight excluding hydrogens is 346 g/mol. The number of anilines is 1. The van der Waals surface area contributed by atoms with Crippen LogP contribution in [0.5, 0.6) is 5.75 Å². The van der Waals surface area contributed by atoms with Crippen LogP contribution in [0.15, 0.2) is 47.3 Å². The first-order valence-corrected chi connectivity index (χ1v) is 8.59. The number of carbonyl (C=O) groups is 1. The van der Waals surface area contributed by atoms with Crippen molar-refractivity contribution in [3.63, 3.8) is 0 Å². The summed E-state index contributed by atoms with van der Waals surface area (Å²) in [6.45, 7) is 4.02. The van der Waals surface area contributed by atoms with E-state index in [0.29, 0.717) is 40.5 Å². The fraction of sp³-hybridized carbons (Fsp3) is 0.250. The Kier molecular flexibility index (Phi) is 5.52. The van der Waals surface area contributed by atoms with Crippen LogP contribution in [0.4, 0.5) is 5.69 Å². The minimum Gasteiger partial charge on any atom is -0.494 e. The lowest BCUT2D eigenvalue weighted by molar-refractivity contribution is -0.120. The normalized spacial score (nSPS) is 10.8. The molecule has 0 radical (unpaired) electrons. The molecule has 0 aliphatic rings. The first-order valence-electron chi connectivity index (χ1n) is 8.59. The van der Waals surface area contributed by atoms with E-state index < -0.39 is 0 Å². The average Bonchev–Trinajstić information content (AvgIpc) is 2.67. The van der Waals surface area contributed by atoms with Gasteiger partial charge in [-0.05, 0) is 38.1 Å². The number of hydrogen-bond donors (Lipinski definition) is 1. The van der Waals surface area contributed by atoms with Crippen molar-refractivity contribution in [1.29, 1.82) is 0 Å². The predicted molar refractivity (Wildman–Crippen MR) is 104 cm³/mol. The molecule has 0 fully saturated rings. The molecule has 1 N–H and O–H groups in total. The van der Waals surface area contributed by atoms with Gasteiger partial charge in [0.05, 0.1) is 29.4 Å². The maximum Gasteiger partial charge on any atom is 0.265 e. The summed E-state index contributed by atoms with van der Waals surface area (Å²) < 4.78 is 12.0. The highest BCUT2D eigenvalue weighted by Gasteiger charge is 2.13. The molecule has 0 aliphatic carbocycles. The van der Waals surface area contributed by atoms with E-state index in [9.17, 15) is 9.59 Å². The molecule has 27 heavy (non-hydrogen) atoms. The number of hydrogen-bond acceptors (Lipinski definition) is 5. The highest BCUT2D eigenvalue weighted by Crippen LogP contribution is 2.27. The van der Waals surface area contributed by atoms with Gasteiger partial charge < -0.3 is 14.8 Å². The lowest BCUT2D eigenvalue weighted by atomic mass is 10.2. The van der Waals surface area contributed by atoms with Crippen molar-refractivity contribution in [3.8, 4) is 11.4 Å². The van der Waals surface area contributed by atoms with Gasteiger partial charge in [-0.2, -0.15) is 0 Å². The molecule has 2 aromatic carbocycles. The summed E-state index contributed by atoms with van der Waals surface area (Å²) in [7, 11) is 1.51. The molecule has 0 saturated heterocycles. The third-order valence-corrected chi connectivity index (χ3v) is 4.10. The van der Waals surface area contributed by atoms with Gasteiger partial charge in [0.1, 0.15) is 18.2 Å². The molecule has 3 rings (SSSR count). The Morgan fingerprint density at radius 1 is 1.22 bits per heavy atom. The molecule has 3 aromatic rings. The van der Waals surface area contributed by atoms with E-state index in [0.717, 1.165) is 0 Å². The van der Waals surface area contributed by atoms with E-state index in [-0.39, 0.29) is 18.1 Å². The summed E-state index contributed by atoms with van der Waals surface area (Å²) in [6.07, 6.45) is 0. The molecule has 7 heteroatoms. The van der Waals surface area contributed by atoms with E-state index in [1.165, 1.54) is 11.7 Å². The standard InChI is InChI=1S/C20H21N3O4/c1-4-27-12-19(24)22-17-10-9-14(11-18(17)26-3)23-13(2)21-16-8-6-5-7-15(16)20(23)25/h5-11H,4,12H2,1-3H3,(H,22,24). The van der Waals surface area contributed by atoms with E-state index >= 15 is 0 Å². The third-order valence-electron chi connectivity index (χ3n) is 4.10. The number of nitrogens with zero attached hydrogens (tertiary/aromatic N) is 2. The number of fused-ring (bicyclic) bond motifs is 1. The minimum atomic E-state index is -0.274. The van der Waals surface area contributed by atoms with E-state index in [2.05, 4.69) is 10.3 Å². The smallest absolute Gasteiger partial charge is 0.265 e. The summed E-state index contributed by atoms with van der Waals surface area (Å²) in [5.74, 6) is 0.731. The number of rotatable bonds is 6. The summed E-state index contributed by atoms with van der Waals surface area (Å²) in [5, 5.41) is 3.28. The number of aryl methyl sites for hydroxylation is 1. The van der Waals surface area contributed by atoms with E-state index in [1.807, 2.05) is 25.1 Å². The zero-order chi connectivity index (χ0) is 19.4. The molecule has 0 saturated carbocycles. The fourth-order valence-electron chi connectivity index (χ4n) is 2.85. The number of nitrogens with one attached hydrogen (secondary N) is 1. The number of methoxy groups -OCH3 is 1. The maximum atomic E-state index is 12.9. The Morgan fingerprint density at radius 3 is 2.74 bits per heavy atom. The molecule has 0 spiro atoms. The van der Waals surface area contributed by atoms with Crippen LogP contribution in [0.2, 0.25) is 0 Å². The Hall–Kier alpha value is -3.19. The Bertz CT molecular complexity index is 1040. The molecule has 7 nitrogen and oxygen atoms in total. The summed E-state index contributed by atoms with van der Waals surface area (Å²) in [4.78, 5) is 29.3. The Balaban J connectivity index is 2.02. The van der Waals surface area contributed by atoms with Gasteiger partial charge in [-0.25, -0.2) is 4.98 Å². The first kappa shape index (κ1) is 18.6. The van der Waals surface area contributed by atoms with Gasteiger partial charge in [0.25, 0.3) is 5.56 Å². The number of para-hydroxylation sites is 1. The second-order valence-electron chi connectivity index (χ2n) is 5.89. The average molecular weight is 367 g/mol. The highest BCUT2D eigenvalue weighted by atomic mass is 16.5. The van der Waals surface area contributed by atoms with E-state index in [1.54, 1.807) is 31.2 Å². The van der Waals surface area contributed by atoms with Gasteiger partial charge in [0.15, 0.2) is 0 Å². The molecule has 1 amide bonds. The number of benzene rings is 2. The van der Waals surface area contributed by atoms with E-state index in [4.69, 9.17) is 9.47 Å². The van der Waals surface area contributed by atoms with Crippen molar-refractivity contribution >= 4 is 22.5 Å². The van der Waals surface area contributed by atoms with Crippen molar-refractivity contribution in [1.82, 2.24) is 9.55 Å². The molecule has 140 valence electrons. The molecule has 0 atom stereocenters. The second-order valence-corrected chi connectivity index (χ2v) is 5.89. The monoisotopic (exact) mass is 367 g/mol. The zero-order valence-corrected chi connectivity index (χ0v) is 15.5. The van der Waals surface area contributed by atoms with Crippen LogP contribution >= 0.6 is 0 Å². The van der Waals surface area contributed by atoms with Crippen molar-refractivity contribution in [3.05, 3.63) is 58.6 Å². The van der Waals surface area contributed by atoms with Gasteiger partial charge in [0.2, 0.25) is 5.91 Å². The van der Waals surface area contributed by atoms with Gasteiger partial charge in [-0.15, -0.1) is 0 Å². The van der Waals surface area contributed by atoms with Crippen molar-refractivity contribution in [2.75, 3.05) is 25.6 Å². The fourth-order valence-corrected chi connectivity index (χ4v) is 2.85. The SMILES string of the molecule is CCOCC(=O)Nc1ccc(-n2c(C)nc3ccccc3c2=O)cc1OC. The second kappa shape index (κ2) is 8.01. The van der Waals surface area contributed by atoms with Crippen molar-refractivity contribution < 1.29 is 14.3 Å². The number of ether oxygens (including phenoxy) is 2. The molecule has 1 heterocycles. The van der Waals surface area contributed by atoms with Gasteiger partial charge in [-0.3, -0.25) is 14.2 Å². The van der Waals surface area contributed by atoms with Crippen LogP contribution in [0.1, 0.15) is 12.7 Å². The van der Waals surface area contributed by atoms with Crippen LogP contribution in [0, 0.1) is 6.92 Å². The zero-order valence-electron chi connectivity index (χ0n) is 15.5. The summed E-state index contributed by atoms with van der Waals surface area (Å²) in [6, 6.07) is 12.3. The van der Waals surface area contributed by atoms with Gasteiger partial charge in [-0.1, -0.05) is 12.1 Å². The minimum absolute atomic E-state index is 0.0332. The van der Waals surface area contributed by atoms with Gasteiger partial charge in [0, 0.05) is 12.7 Å². The molecule has 0 aliphatic heterocycles. The Morgan fingerprint density at radius 2 is 2.00 bits per heavy atom. The van der Waals surface area contributed by atoms with Crippen LogP contribution in [0.3, 0.4) is 0 Å². The van der Waals surface area contributed by atoms with Crippen LogP contribution in [-0.4, -0.2) is 35.8 Å². The molecule has 0 unspecified atom stereocenters. The number of aromatic nitrogens is 2. The topological polar surface area (TPSA) is 82.5 Å².